The largest absolute Gasteiger partial charge is 0.390 e. The van der Waals surface area contributed by atoms with Gasteiger partial charge in [0.15, 0.2) is 0 Å². The Bertz CT molecular complexity index is 693. The molecule has 94 valence electrons. The van der Waals surface area contributed by atoms with Gasteiger partial charge in [-0.1, -0.05) is 42.5 Å². The lowest BCUT2D eigenvalue weighted by Crippen LogP contribution is -2.20. The fourth-order valence-corrected chi connectivity index (χ4v) is 2.25. The van der Waals surface area contributed by atoms with Crippen LogP contribution >= 0.6 is 0 Å². The zero-order valence-electron chi connectivity index (χ0n) is 10.3. The quantitative estimate of drug-likeness (QED) is 0.445. The highest BCUT2D eigenvalue weighted by Crippen LogP contribution is 2.24. The molecule has 3 rings (SSSR count). The molecule has 1 aliphatic rings. The average molecular weight is 252 g/mol. The molecule has 2 aromatic carbocycles. The maximum absolute atomic E-state index is 11.6. The summed E-state index contributed by atoms with van der Waals surface area (Å²) in [5.41, 5.74) is 1.52. The van der Waals surface area contributed by atoms with Gasteiger partial charge in [0.25, 0.3) is 0 Å². The summed E-state index contributed by atoms with van der Waals surface area (Å²) >= 11 is 0. The van der Waals surface area contributed by atoms with E-state index in [4.69, 9.17) is 0 Å². The molecule has 3 nitrogen and oxygen atoms in total. The molecule has 0 saturated carbocycles. The zero-order chi connectivity index (χ0) is 13.2. The van der Waals surface area contributed by atoms with E-state index in [2.05, 4.69) is 4.74 Å². The first kappa shape index (κ1) is 11.7. The SMILES string of the molecule is O=C1CCC(=Cc2cccc3ccccc23)C(=O)O1. The van der Waals surface area contributed by atoms with Gasteiger partial charge in [0.1, 0.15) is 0 Å². The molecule has 0 atom stereocenters. The van der Waals surface area contributed by atoms with E-state index in [1.165, 1.54) is 0 Å². The number of rotatable bonds is 1. The number of hydrogen-bond donors (Lipinski definition) is 0. The molecule has 1 aliphatic heterocycles. The van der Waals surface area contributed by atoms with Gasteiger partial charge in [-0.05, 0) is 28.8 Å². The summed E-state index contributed by atoms with van der Waals surface area (Å²) in [4.78, 5) is 22.6. The number of esters is 2. The van der Waals surface area contributed by atoms with Crippen molar-refractivity contribution in [2.75, 3.05) is 0 Å². The summed E-state index contributed by atoms with van der Waals surface area (Å²) in [6.45, 7) is 0. The molecule has 0 aliphatic carbocycles. The second kappa shape index (κ2) is 4.69. The minimum absolute atomic E-state index is 0.266. The van der Waals surface area contributed by atoms with Crippen molar-refractivity contribution >= 4 is 28.8 Å². The van der Waals surface area contributed by atoms with E-state index in [0.717, 1.165) is 16.3 Å². The van der Waals surface area contributed by atoms with Gasteiger partial charge in [-0.25, -0.2) is 4.79 Å². The van der Waals surface area contributed by atoms with Crippen molar-refractivity contribution in [3.63, 3.8) is 0 Å². The summed E-state index contributed by atoms with van der Waals surface area (Å²) in [7, 11) is 0. The number of hydrogen-bond acceptors (Lipinski definition) is 3. The number of benzene rings is 2. The number of carbonyl (C=O) groups is 2. The van der Waals surface area contributed by atoms with E-state index in [0.29, 0.717) is 12.0 Å². The van der Waals surface area contributed by atoms with Crippen molar-refractivity contribution in [2.24, 2.45) is 0 Å². The molecule has 1 fully saturated rings. The molecule has 0 spiro atoms. The summed E-state index contributed by atoms with van der Waals surface area (Å²) in [6, 6.07) is 13.9. The molecule has 3 heteroatoms. The maximum atomic E-state index is 11.6. The van der Waals surface area contributed by atoms with Crippen molar-refractivity contribution in [3.8, 4) is 0 Å². The smallest absolute Gasteiger partial charge is 0.341 e. The van der Waals surface area contributed by atoms with E-state index >= 15 is 0 Å². The van der Waals surface area contributed by atoms with Crippen molar-refractivity contribution in [1.82, 2.24) is 0 Å². The van der Waals surface area contributed by atoms with E-state index in [1.54, 1.807) is 0 Å². The minimum atomic E-state index is -0.524. The molecule has 0 unspecified atom stereocenters. The van der Waals surface area contributed by atoms with Gasteiger partial charge in [0.2, 0.25) is 0 Å². The van der Waals surface area contributed by atoms with Crippen molar-refractivity contribution in [1.29, 1.82) is 0 Å². The lowest BCUT2D eigenvalue weighted by atomic mass is 10.00. The molecule has 0 bridgehead atoms. The summed E-state index contributed by atoms with van der Waals surface area (Å²) in [5, 5.41) is 2.21. The van der Waals surface area contributed by atoms with E-state index in [9.17, 15) is 9.59 Å². The Labute approximate surface area is 110 Å². The van der Waals surface area contributed by atoms with Crippen molar-refractivity contribution in [3.05, 3.63) is 53.6 Å². The van der Waals surface area contributed by atoms with Crippen LogP contribution in [0.1, 0.15) is 18.4 Å². The van der Waals surface area contributed by atoms with Crippen molar-refractivity contribution in [2.45, 2.75) is 12.8 Å². The summed E-state index contributed by atoms with van der Waals surface area (Å²) in [5.74, 6) is -0.968. The monoisotopic (exact) mass is 252 g/mol. The van der Waals surface area contributed by atoms with Crippen LogP contribution < -0.4 is 0 Å². The number of cyclic esters (lactones) is 2. The fourth-order valence-electron chi connectivity index (χ4n) is 2.25. The molecule has 0 aromatic heterocycles. The summed E-state index contributed by atoms with van der Waals surface area (Å²) in [6.07, 6.45) is 2.53. The van der Waals surface area contributed by atoms with Gasteiger partial charge >= 0.3 is 11.9 Å². The maximum Gasteiger partial charge on any atom is 0.341 e. The third-order valence-electron chi connectivity index (χ3n) is 3.22. The molecular weight excluding hydrogens is 240 g/mol. The van der Waals surface area contributed by atoms with Crippen molar-refractivity contribution < 1.29 is 14.3 Å². The van der Waals surface area contributed by atoms with Crippen LogP contribution in [0.2, 0.25) is 0 Å². The highest BCUT2D eigenvalue weighted by molar-refractivity contribution is 6.04. The zero-order valence-corrected chi connectivity index (χ0v) is 10.3. The van der Waals surface area contributed by atoms with Gasteiger partial charge in [-0.2, -0.15) is 0 Å². The predicted octanol–water partition coefficient (Wildman–Crippen LogP) is 3.09. The molecule has 2 aromatic rings. The van der Waals surface area contributed by atoms with Crippen LogP contribution in [0.4, 0.5) is 0 Å². The van der Waals surface area contributed by atoms with Gasteiger partial charge in [-0.3, -0.25) is 4.79 Å². The van der Waals surface area contributed by atoms with E-state index in [1.807, 2.05) is 48.5 Å². The van der Waals surface area contributed by atoms with Crippen LogP contribution in [0.15, 0.2) is 48.0 Å². The Balaban J connectivity index is 2.06. The number of fused-ring (bicyclic) bond motifs is 1. The molecule has 0 radical (unpaired) electrons. The molecule has 1 saturated heterocycles. The van der Waals surface area contributed by atoms with Gasteiger partial charge < -0.3 is 4.74 Å². The lowest BCUT2D eigenvalue weighted by molar-refractivity contribution is -0.159. The van der Waals surface area contributed by atoms with Gasteiger partial charge in [0.05, 0.1) is 6.42 Å². The fraction of sp³-hybridized carbons (Fsp3) is 0.125. The van der Waals surface area contributed by atoms with Crippen LogP contribution in [-0.2, 0) is 14.3 Å². The lowest BCUT2D eigenvalue weighted by Gasteiger charge is -2.12. The molecule has 0 amide bonds. The first-order valence-electron chi connectivity index (χ1n) is 6.17. The van der Waals surface area contributed by atoms with Gasteiger partial charge in [0, 0.05) is 5.57 Å². The Hall–Kier alpha value is -2.42. The van der Waals surface area contributed by atoms with Crippen LogP contribution in [0.3, 0.4) is 0 Å². The highest BCUT2D eigenvalue weighted by Gasteiger charge is 2.22. The normalized spacial score (nSPS) is 17.8. The second-order valence-electron chi connectivity index (χ2n) is 4.50. The van der Waals surface area contributed by atoms with Crippen LogP contribution in [0, 0.1) is 0 Å². The third-order valence-corrected chi connectivity index (χ3v) is 3.22. The second-order valence-corrected chi connectivity index (χ2v) is 4.50. The molecule has 1 heterocycles. The summed E-state index contributed by atoms with van der Waals surface area (Å²) < 4.78 is 4.64. The Morgan fingerprint density at radius 1 is 0.947 bits per heavy atom. The molecular formula is C16H12O3. The number of ether oxygens (including phenoxy) is 1. The average Bonchev–Trinajstić information content (AvgIpc) is 2.42. The Morgan fingerprint density at radius 3 is 2.58 bits per heavy atom. The molecule has 19 heavy (non-hydrogen) atoms. The van der Waals surface area contributed by atoms with Crippen LogP contribution in [0.25, 0.3) is 16.8 Å². The Morgan fingerprint density at radius 2 is 1.74 bits per heavy atom. The van der Waals surface area contributed by atoms with Gasteiger partial charge in [-0.15, -0.1) is 0 Å². The first-order valence-corrected chi connectivity index (χ1v) is 6.17. The molecule has 0 N–H and O–H groups in total. The Kier molecular flexibility index (Phi) is 2.88. The number of carbonyl (C=O) groups excluding carboxylic acids is 2. The predicted molar refractivity (Wildman–Crippen MR) is 72.3 cm³/mol. The topological polar surface area (TPSA) is 43.4 Å². The van der Waals surface area contributed by atoms with Crippen LogP contribution in [-0.4, -0.2) is 11.9 Å². The third kappa shape index (κ3) is 2.27. The first-order chi connectivity index (χ1) is 9.24. The van der Waals surface area contributed by atoms with E-state index < -0.39 is 11.9 Å². The van der Waals surface area contributed by atoms with E-state index in [-0.39, 0.29) is 6.42 Å². The standard InChI is InChI=1S/C16H12O3/c17-15-9-8-13(16(18)19-15)10-12-6-3-5-11-4-1-2-7-14(11)12/h1-7,10H,8-9H2. The van der Waals surface area contributed by atoms with Crippen LogP contribution in [0.5, 0.6) is 0 Å². The highest BCUT2D eigenvalue weighted by atomic mass is 16.6. The minimum Gasteiger partial charge on any atom is -0.390 e.